The van der Waals surface area contributed by atoms with Gasteiger partial charge in [0.25, 0.3) is 5.91 Å². The predicted molar refractivity (Wildman–Crippen MR) is 121 cm³/mol. The van der Waals surface area contributed by atoms with Gasteiger partial charge in [-0.15, -0.1) is 0 Å². The number of rotatable bonds is 11. The van der Waals surface area contributed by atoms with Gasteiger partial charge < -0.3 is 21.1 Å². The maximum atomic E-state index is 12.3. The second-order valence-corrected chi connectivity index (χ2v) is 7.07. The molecule has 0 saturated carbocycles. The van der Waals surface area contributed by atoms with Crippen molar-refractivity contribution < 1.29 is 9.53 Å². The van der Waals surface area contributed by atoms with Crippen molar-refractivity contribution in [3.63, 3.8) is 0 Å². The maximum Gasteiger partial charge on any atom is 0.251 e. The molecule has 4 N–H and O–H groups in total. The van der Waals surface area contributed by atoms with Gasteiger partial charge in [-0.05, 0) is 66.9 Å². The van der Waals surface area contributed by atoms with Crippen molar-refractivity contribution in [2.45, 2.75) is 19.4 Å². The lowest BCUT2D eigenvalue weighted by Crippen LogP contribution is -2.32. The van der Waals surface area contributed by atoms with E-state index in [9.17, 15) is 4.79 Å². The van der Waals surface area contributed by atoms with E-state index in [4.69, 9.17) is 10.5 Å². The molecule has 0 aliphatic heterocycles. The Morgan fingerprint density at radius 2 is 1.43 bits per heavy atom. The van der Waals surface area contributed by atoms with Crippen molar-refractivity contribution in [2.24, 2.45) is 5.73 Å². The van der Waals surface area contributed by atoms with Gasteiger partial charge in [-0.1, -0.05) is 42.5 Å². The zero-order valence-corrected chi connectivity index (χ0v) is 17.1. The van der Waals surface area contributed by atoms with Crippen LogP contribution in [0.2, 0.25) is 0 Å². The normalized spacial score (nSPS) is 10.6. The fourth-order valence-electron chi connectivity index (χ4n) is 3.05. The van der Waals surface area contributed by atoms with Gasteiger partial charge in [0.2, 0.25) is 0 Å². The summed E-state index contributed by atoms with van der Waals surface area (Å²) in [4.78, 5) is 12.3. The van der Waals surface area contributed by atoms with Gasteiger partial charge in [-0.3, -0.25) is 4.79 Å². The molecule has 1 amide bonds. The lowest BCUT2D eigenvalue weighted by atomic mass is 10.1. The predicted octanol–water partition coefficient (Wildman–Crippen LogP) is 3.89. The molecule has 0 bridgehead atoms. The molecule has 0 aliphatic carbocycles. The third-order valence-electron chi connectivity index (χ3n) is 4.76. The number of nitrogens with one attached hydrogen (secondary N) is 2. The number of para-hydroxylation sites is 1. The summed E-state index contributed by atoms with van der Waals surface area (Å²) in [5.41, 5.74) is 8.72. The Morgan fingerprint density at radius 3 is 2.13 bits per heavy atom. The van der Waals surface area contributed by atoms with Crippen LogP contribution in [0.1, 0.15) is 27.9 Å². The number of amides is 1. The summed E-state index contributed by atoms with van der Waals surface area (Å²) in [6, 6.07) is 25.2. The zero-order valence-electron chi connectivity index (χ0n) is 17.1. The third-order valence-corrected chi connectivity index (χ3v) is 4.76. The summed E-state index contributed by atoms with van der Waals surface area (Å²) in [6.07, 6.45) is 2.08. The van der Waals surface area contributed by atoms with Gasteiger partial charge in [0.05, 0.1) is 0 Å². The molecular formula is C25H29N3O2. The molecule has 0 heterocycles. The van der Waals surface area contributed by atoms with Gasteiger partial charge in [-0.25, -0.2) is 0 Å². The second kappa shape index (κ2) is 11.8. The number of nitrogens with two attached hydrogens (primary N) is 1. The Kier molecular flexibility index (Phi) is 8.45. The molecule has 0 radical (unpaired) electrons. The number of ether oxygens (including phenoxy) is 1. The largest absolute Gasteiger partial charge is 0.457 e. The van der Waals surface area contributed by atoms with Crippen LogP contribution in [0, 0.1) is 0 Å². The van der Waals surface area contributed by atoms with E-state index >= 15 is 0 Å². The monoisotopic (exact) mass is 403 g/mol. The van der Waals surface area contributed by atoms with Crippen LogP contribution in [0.3, 0.4) is 0 Å². The average molecular weight is 404 g/mol. The fraction of sp³-hybridized carbons (Fsp3) is 0.240. The Morgan fingerprint density at radius 1 is 0.767 bits per heavy atom. The van der Waals surface area contributed by atoms with Crippen molar-refractivity contribution in [3.8, 4) is 11.5 Å². The number of carbonyl (C=O) groups is 1. The minimum Gasteiger partial charge on any atom is -0.457 e. The zero-order chi connectivity index (χ0) is 21.0. The van der Waals surface area contributed by atoms with Gasteiger partial charge in [0.1, 0.15) is 11.5 Å². The van der Waals surface area contributed by atoms with Crippen LogP contribution in [-0.2, 0) is 13.0 Å². The first-order valence-corrected chi connectivity index (χ1v) is 10.3. The van der Waals surface area contributed by atoms with E-state index in [1.165, 1.54) is 5.56 Å². The van der Waals surface area contributed by atoms with Gasteiger partial charge in [-0.2, -0.15) is 0 Å². The summed E-state index contributed by atoms with van der Waals surface area (Å²) in [5.74, 6) is 1.40. The second-order valence-electron chi connectivity index (χ2n) is 7.07. The standard InChI is InChI=1S/C25H29N3O2/c26-19-21-10-8-20(9-11-21)5-4-16-27-17-18-28-25(29)22-12-14-24(15-13-22)30-23-6-2-1-3-7-23/h1-3,6-15,27H,4-5,16-19,26H2,(H,28,29). The molecular weight excluding hydrogens is 374 g/mol. The molecule has 0 saturated heterocycles. The molecule has 5 nitrogen and oxygen atoms in total. The highest BCUT2D eigenvalue weighted by Gasteiger charge is 2.05. The summed E-state index contributed by atoms with van der Waals surface area (Å²) < 4.78 is 5.75. The molecule has 5 heteroatoms. The summed E-state index contributed by atoms with van der Waals surface area (Å²) >= 11 is 0. The van der Waals surface area contributed by atoms with Gasteiger partial charge in [0.15, 0.2) is 0 Å². The number of carbonyl (C=O) groups excluding carboxylic acids is 1. The van der Waals surface area contributed by atoms with Crippen LogP contribution < -0.4 is 21.1 Å². The van der Waals surface area contributed by atoms with E-state index in [1.807, 2.05) is 30.3 Å². The minimum absolute atomic E-state index is 0.0805. The molecule has 0 unspecified atom stereocenters. The van der Waals surface area contributed by atoms with Crippen molar-refractivity contribution >= 4 is 5.91 Å². The van der Waals surface area contributed by atoms with Gasteiger partial charge in [0, 0.05) is 25.2 Å². The van der Waals surface area contributed by atoms with E-state index in [0.29, 0.717) is 24.4 Å². The summed E-state index contributed by atoms with van der Waals surface area (Å²) in [5, 5.41) is 6.30. The van der Waals surface area contributed by atoms with E-state index in [1.54, 1.807) is 24.3 Å². The molecule has 0 aliphatic rings. The Hall–Kier alpha value is -3.15. The van der Waals surface area contributed by atoms with E-state index in [-0.39, 0.29) is 5.91 Å². The molecule has 156 valence electrons. The lowest BCUT2D eigenvalue weighted by Gasteiger charge is -2.09. The summed E-state index contributed by atoms with van der Waals surface area (Å²) in [7, 11) is 0. The number of hydrogen-bond donors (Lipinski definition) is 3. The molecule has 0 aromatic heterocycles. The molecule has 0 atom stereocenters. The molecule has 3 aromatic rings. The van der Waals surface area contributed by atoms with Crippen molar-refractivity contribution in [1.82, 2.24) is 10.6 Å². The quantitative estimate of drug-likeness (QED) is 0.425. The lowest BCUT2D eigenvalue weighted by molar-refractivity contribution is 0.0954. The highest BCUT2D eigenvalue weighted by Crippen LogP contribution is 2.21. The first kappa shape index (κ1) is 21.6. The maximum absolute atomic E-state index is 12.3. The van der Waals surface area contributed by atoms with Crippen LogP contribution in [0.4, 0.5) is 0 Å². The van der Waals surface area contributed by atoms with Crippen LogP contribution in [0.5, 0.6) is 11.5 Å². The average Bonchev–Trinajstić information content (AvgIpc) is 2.80. The van der Waals surface area contributed by atoms with Crippen molar-refractivity contribution in [3.05, 3.63) is 95.6 Å². The SMILES string of the molecule is NCc1ccc(CCCNCCNC(=O)c2ccc(Oc3ccccc3)cc2)cc1. The smallest absolute Gasteiger partial charge is 0.251 e. The topological polar surface area (TPSA) is 76.4 Å². The van der Waals surface area contributed by atoms with E-state index in [0.717, 1.165) is 37.2 Å². The fourth-order valence-corrected chi connectivity index (χ4v) is 3.05. The summed E-state index contributed by atoms with van der Waals surface area (Å²) in [6.45, 7) is 2.83. The van der Waals surface area contributed by atoms with Crippen molar-refractivity contribution in [2.75, 3.05) is 19.6 Å². The van der Waals surface area contributed by atoms with Crippen molar-refractivity contribution in [1.29, 1.82) is 0 Å². The molecule has 0 spiro atoms. The Balaban J connectivity index is 1.29. The molecule has 0 fully saturated rings. The van der Waals surface area contributed by atoms with Gasteiger partial charge >= 0.3 is 0 Å². The molecule has 3 rings (SSSR count). The van der Waals surface area contributed by atoms with E-state index < -0.39 is 0 Å². The Labute approximate surface area is 178 Å². The number of benzene rings is 3. The molecule has 3 aromatic carbocycles. The first-order chi connectivity index (χ1) is 14.7. The number of aryl methyl sites for hydroxylation is 1. The molecule has 30 heavy (non-hydrogen) atoms. The van der Waals surface area contributed by atoms with Crippen LogP contribution in [0.25, 0.3) is 0 Å². The minimum atomic E-state index is -0.0805. The Bertz CT molecular complexity index is 894. The number of hydrogen-bond acceptors (Lipinski definition) is 4. The highest BCUT2D eigenvalue weighted by atomic mass is 16.5. The first-order valence-electron chi connectivity index (χ1n) is 10.3. The van der Waals surface area contributed by atoms with E-state index in [2.05, 4.69) is 34.9 Å². The van der Waals surface area contributed by atoms with Crippen LogP contribution in [0.15, 0.2) is 78.9 Å². The van der Waals surface area contributed by atoms with Crippen LogP contribution >= 0.6 is 0 Å². The van der Waals surface area contributed by atoms with Crippen LogP contribution in [-0.4, -0.2) is 25.5 Å². The third kappa shape index (κ3) is 7.03. The highest BCUT2D eigenvalue weighted by molar-refractivity contribution is 5.94.